The Hall–Kier alpha value is -3.46. The molecule has 2 aliphatic heterocycles. The second-order valence-electron chi connectivity index (χ2n) is 12.8. The zero-order chi connectivity index (χ0) is 35.6. The van der Waals surface area contributed by atoms with Crippen LogP contribution in [0.1, 0.15) is 39.2 Å². The van der Waals surface area contributed by atoms with Crippen LogP contribution in [0.5, 0.6) is 11.5 Å². The Labute approximate surface area is 300 Å². The smallest absolute Gasteiger partial charge is 0.407 e. The number of carbonyl (C=O) groups excluding carboxylic acids is 2. The first-order valence-electron chi connectivity index (χ1n) is 17.4. The first kappa shape index (κ1) is 39.3. The number of carbonyl (C=O) groups is 2. The molecular formula is C36H52ClN5O8. The van der Waals surface area contributed by atoms with Crippen LogP contribution in [0.25, 0.3) is 0 Å². The van der Waals surface area contributed by atoms with Crippen LogP contribution in [-0.4, -0.2) is 132 Å². The lowest BCUT2D eigenvalue weighted by molar-refractivity contribution is -0.122. The minimum Gasteiger partial charge on any atom is -0.454 e. The highest BCUT2D eigenvalue weighted by atomic mass is 35.5. The van der Waals surface area contributed by atoms with Crippen LogP contribution in [0, 0.1) is 0 Å². The highest BCUT2D eigenvalue weighted by Crippen LogP contribution is 2.39. The van der Waals surface area contributed by atoms with E-state index in [1.807, 2.05) is 63.2 Å². The van der Waals surface area contributed by atoms with Crippen LogP contribution in [-0.2, 0) is 28.5 Å². The van der Waals surface area contributed by atoms with E-state index in [4.69, 9.17) is 45.0 Å². The van der Waals surface area contributed by atoms with Gasteiger partial charge in [0.2, 0.25) is 5.91 Å². The lowest BCUT2D eigenvalue weighted by atomic mass is 10.1. The molecule has 4 rings (SSSR count). The normalized spacial score (nSPS) is 14.6. The van der Waals surface area contributed by atoms with Crippen LogP contribution in [0.15, 0.2) is 47.5 Å². The molecule has 0 aliphatic carbocycles. The van der Waals surface area contributed by atoms with Gasteiger partial charge >= 0.3 is 6.09 Å². The van der Waals surface area contributed by atoms with Crippen molar-refractivity contribution in [2.75, 3.05) is 98.7 Å². The van der Waals surface area contributed by atoms with Gasteiger partial charge in [0, 0.05) is 50.7 Å². The summed E-state index contributed by atoms with van der Waals surface area (Å²) in [5.74, 6) is 2.34. The second kappa shape index (κ2) is 21.0. The summed E-state index contributed by atoms with van der Waals surface area (Å²) >= 11 is 6.37. The van der Waals surface area contributed by atoms with Crippen LogP contribution in [0.3, 0.4) is 0 Å². The number of fused-ring (bicyclic) bond motifs is 2. The zero-order valence-corrected chi connectivity index (χ0v) is 30.3. The number of halogens is 1. The number of piperazine rings is 1. The van der Waals surface area contributed by atoms with Gasteiger partial charge in [0.1, 0.15) is 22.9 Å². The Kier molecular flexibility index (Phi) is 16.5. The number of amides is 2. The largest absolute Gasteiger partial charge is 0.454 e. The van der Waals surface area contributed by atoms with Crippen LogP contribution < -0.4 is 15.4 Å². The van der Waals surface area contributed by atoms with E-state index in [1.165, 1.54) is 0 Å². The fraction of sp³-hybridized carbons (Fsp3) is 0.583. The van der Waals surface area contributed by atoms with Crippen molar-refractivity contribution in [1.82, 2.24) is 20.4 Å². The zero-order valence-electron chi connectivity index (χ0n) is 29.5. The maximum atomic E-state index is 12.2. The molecule has 0 bridgehead atoms. The first-order chi connectivity index (χ1) is 24.2. The molecule has 2 aromatic carbocycles. The van der Waals surface area contributed by atoms with Crippen molar-refractivity contribution in [2.45, 2.75) is 39.2 Å². The number of aliphatic imine (C=N–C) groups is 1. The van der Waals surface area contributed by atoms with E-state index in [0.29, 0.717) is 77.4 Å². The number of hydrogen-bond donors (Lipinski definition) is 2. The molecular weight excluding hydrogens is 666 g/mol. The number of benzene rings is 2. The van der Waals surface area contributed by atoms with Crippen molar-refractivity contribution in [2.24, 2.45) is 4.99 Å². The van der Waals surface area contributed by atoms with E-state index >= 15 is 0 Å². The van der Waals surface area contributed by atoms with Crippen molar-refractivity contribution < 1.29 is 38.0 Å². The standard InChI is InChI=1S/C36H52ClN5O8/c1-36(2,3)50-35(44)39-13-20-46-22-24-48-26-25-47-23-21-45-19-11-33(43)38-12-6-14-41-15-17-42(18-16-41)34-29-27-28(37)9-10-31(29)49-32-8-5-4-7-30(32)40-34/h4-5,7-10,27H,6,11-26H2,1-3H3,(H,38,43)(H,39,44). The Balaban J connectivity index is 0.961. The SMILES string of the molecule is CC(C)(C)OC(=O)NCCOCCOCCOCCOCCC(=O)NCCCN1CCN(C2=Nc3ccccc3Oc3ccc(Cl)cc32)CC1. The molecule has 2 aliphatic rings. The molecule has 2 heterocycles. The third-order valence-electron chi connectivity index (χ3n) is 7.64. The van der Waals surface area contributed by atoms with Gasteiger partial charge in [-0.2, -0.15) is 0 Å². The number of amidine groups is 1. The molecule has 2 amide bonds. The van der Waals surface area contributed by atoms with Crippen molar-refractivity contribution >= 4 is 35.1 Å². The molecule has 0 atom stereocenters. The summed E-state index contributed by atoms with van der Waals surface area (Å²) in [4.78, 5) is 33.5. The lowest BCUT2D eigenvalue weighted by Crippen LogP contribution is -2.49. The molecule has 2 N–H and O–H groups in total. The number of rotatable bonds is 19. The van der Waals surface area contributed by atoms with E-state index < -0.39 is 11.7 Å². The van der Waals surface area contributed by atoms with Crippen molar-refractivity contribution in [3.05, 3.63) is 53.1 Å². The quantitative estimate of drug-likeness (QED) is 0.198. The topological polar surface area (TPSA) is 132 Å². The molecule has 2 aromatic rings. The van der Waals surface area contributed by atoms with Gasteiger partial charge in [-0.3, -0.25) is 9.69 Å². The summed E-state index contributed by atoms with van der Waals surface area (Å²) in [7, 11) is 0. The van der Waals surface area contributed by atoms with Gasteiger partial charge in [0.15, 0.2) is 5.75 Å². The Morgan fingerprint density at radius 1 is 0.820 bits per heavy atom. The Morgan fingerprint density at radius 3 is 2.18 bits per heavy atom. The Bertz CT molecular complexity index is 1380. The van der Waals surface area contributed by atoms with Crippen molar-refractivity contribution in [3.63, 3.8) is 0 Å². The molecule has 0 saturated carbocycles. The lowest BCUT2D eigenvalue weighted by Gasteiger charge is -2.36. The maximum Gasteiger partial charge on any atom is 0.407 e. The molecule has 13 nitrogen and oxygen atoms in total. The molecule has 1 saturated heterocycles. The molecule has 14 heteroatoms. The predicted molar refractivity (Wildman–Crippen MR) is 192 cm³/mol. The average Bonchev–Trinajstić information content (AvgIpc) is 3.24. The van der Waals surface area contributed by atoms with E-state index in [9.17, 15) is 9.59 Å². The molecule has 0 radical (unpaired) electrons. The number of nitrogens with one attached hydrogen (secondary N) is 2. The molecule has 276 valence electrons. The third kappa shape index (κ3) is 14.4. The van der Waals surface area contributed by atoms with E-state index in [2.05, 4.69) is 20.4 Å². The van der Waals surface area contributed by atoms with Crippen LogP contribution in [0.4, 0.5) is 10.5 Å². The number of alkyl carbamates (subject to hydrolysis) is 1. The fourth-order valence-corrected chi connectivity index (χ4v) is 5.38. The summed E-state index contributed by atoms with van der Waals surface area (Å²) in [6.45, 7) is 14.1. The monoisotopic (exact) mass is 717 g/mol. The summed E-state index contributed by atoms with van der Waals surface area (Å²) in [6, 6.07) is 13.5. The van der Waals surface area contributed by atoms with Crippen LogP contribution >= 0.6 is 11.6 Å². The fourth-order valence-electron chi connectivity index (χ4n) is 5.20. The summed E-state index contributed by atoms with van der Waals surface area (Å²) in [5, 5.41) is 6.27. The number of hydrogen-bond acceptors (Lipinski definition) is 11. The minimum atomic E-state index is -0.520. The van der Waals surface area contributed by atoms with E-state index in [0.717, 1.165) is 67.7 Å². The summed E-state index contributed by atoms with van der Waals surface area (Å²) in [6.07, 6.45) is 0.732. The second-order valence-corrected chi connectivity index (χ2v) is 13.2. The van der Waals surface area contributed by atoms with Gasteiger partial charge in [-0.25, -0.2) is 9.79 Å². The van der Waals surface area contributed by atoms with Crippen molar-refractivity contribution in [3.8, 4) is 11.5 Å². The van der Waals surface area contributed by atoms with Gasteiger partial charge < -0.3 is 44.0 Å². The number of nitrogens with zero attached hydrogens (tertiary/aromatic N) is 3. The van der Waals surface area contributed by atoms with E-state index in [-0.39, 0.29) is 5.91 Å². The average molecular weight is 718 g/mol. The highest BCUT2D eigenvalue weighted by Gasteiger charge is 2.26. The van der Waals surface area contributed by atoms with Gasteiger partial charge in [-0.1, -0.05) is 23.7 Å². The summed E-state index contributed by atoms with van der Waals surface area (Å²) in [5.41, 5.74) is 1.18. The van der Waals surface area contributed by atoms with Crippen LogP contribution in [0.2, 0.25) is 5.02 Å². The molecule has 0 aromatic heterocycles. The Morgan fingerprint density at radius 2 is 1.48 bits per heavy atom. The first-order valence-corrected chi connectivity index (χ1v) is 17.7. The van der Waals surface area contributed by atoms with Gasteiger partial charge in [0.05, 0.1) is 58.4 Å². The maximum absolute atomic E-state index is 12.2. The van der Waals surface area contributed by atoms with E-state index in [1.54, 1.807) is 0 Å². The van der Waals surface area contributed by atoms with Gasteiger partial charge in [0.25, 0.3) is 0 Å². The molecule has 0 spiro atoms. The third-order valence-corrected chi connectivity index (χ3v) is 7.88. The highest BCUT2D eigenvalue weighted by molar-refractivity contribution is 6.31. The minimum absolute atomic E-state index is 0.0156. The van der Waals surface area contributed by atoms with Gasteiger partial charge in [-0.15, -0.1) is 0 Å². The molecule has 1 fully saturated rings. The number of ether oxygens (including phenoxy) is 6. The predicted octanol–water partition coefficient (Wildman–Crippen LogP) is 4.63. The van der Waals surface area contributed by atoms with Crippen molar-refractivity contribution in [1.29, 1.82) is 0 Å². The van der Waals surface area contributed by atoms with Gasteiger partial charge in [-0.05, 0) is 64.1 Å². The molecule has 0 unspecified atom stereocenters. The number of para-hydroxylation sites is 2. The molecule has 50 heavy (non-hydrogen) atoms. The summed E-state index contributed by atoms with van der Waals surface area (Å²) < 4.78 is 33.2.